The standard InChI is InChI=1S/C20H17N3O4S/c1-12(13-5-3-2-4-6-13)21-19(25)15-10-28-20(22-15)23-18(24)14-7-8-16-17(9-14)27-11-26-16/h2-10,12H,11H2,1H3,(H,21,25)(H,22,23,24)/t12-/m0/s1. The number of rotatable bonds is 5. The highest BCUT2D eigenvalue weighted by Crippen LogP contribution is 2.32. The molecule has 1 atom stereocenters. The van der Waals surface area contributed by atoms with Gasteiger partial charge in [-0.2, -0.15) is 0 Å². The van der Waals surface area contributed by atoms with E-state index in [0.29, 0.717) is 22.2 Å². The lowest BCUT2D eigenvalue weighted by molar-refractivity contribution is 0.0934. The summed E-state index contributed by atoms with van der Waals surface area (Å²) in [6.45, 7) is 2.05. The van der Waals surface area contributed by atoms with Gasteiger partial charge in [-0.3, -0.25) is 14.9 Å². The second-order valence-corrected chi connectivity index (χ2v) is 7.02. The Hall–Kier alpha value is -3.39. The average Bonchev–Trinajstić information content (AvgIpc) is 3.37. The Morgan fingerprint density at radius 1 is 1.07 bits per heavy atom. The molecular formula is C20H17N3O4S. The predicted molar refractivity (Wildman–Crippen MR) is 105 cm³/mol. The average molecular weight is 395 g/mol. The SMILES string of the molecule is C[C@H](NC(=O)c1csc(NC(=O)c2ccc3c(c2)OCO3)n1)c1ccccc1. The molecule has 0 unspecified atom stereocenters. The molecule has 1 aromatic heterocycles. The number of ether oxygens (including phenoxy) is 2. The van der Waals surface area contributed by atoms with Gasteiger partial charge in [-0.15, -0.1) is 11.3 Å². The number of hydrogen-bond acceptors (Lipinski definition) is 6. The molecule has 1 aliphatic heterocycles. The number of carbonyl (C=O) groups is 2. The van der Waals surface area contributed by atoms with Crippen molar-refractivity contribution in [3.05, 3.63) is 70.7 Å². The van der Waals surface area contributed by atoms with Crippen LogP contribution in [0.15, 0.2) is 53.9 Å². The lowest BCUT2D eigenvalue weighted by Crippen LogP contribution is -2.26. The molecule has 0 saturated heterocycles. The lowest BCUT2D eigenvalue weighted by atomic mass is 10.1. The zero-order valence-electron chi connectivity index (χ0n) is 15.0. The molecule has 8 heteroatoms. The monoisotopic (exact) mass is 395 g/mol. The van der Waals surface area contributed by atoms with Gasteiger partial charge in [-0.05, 0) is 30.7 Å². The van der Waals surface area contributed by atoms with E-state index in [-0.39, 0.29) is 30.3 Å². The van der Waals surface area contributed by atoms with Gasteiger partial charge in [0.1, 0.15) is 5.69 Å². The van der Waals surface area contributed by atoms with Gasteiger partial charge in [0.15, 0.2) is 16.6 Å². The van der Waals surface area contributed by atoms with E-state index in [1.165, 1.54) is 11.3 Å². The minimum Gasteiger partial charge on any atom is -0.454 e. The molecule has 28 heavy (non-hydrogen) atoms. The van der Waals surface area contributed by atoms with Crippen molar-refractivity contribution < 1.29 is 19.1 Å². The number of thiazole rings is 1. The van der Waals surface area contributed by atoms with Crippen LogP contribution in [0.2, 0.25) is 0 Å². The fraction of sp³-hybridized carbons (Fsp3) is 0.150. The molecule has 142 valence electrons. The minimum atomic E-state index is -0.336. The predicted octanol–water partition coefficient (Wildman–Crippen LogP) is 3.62. The van der Waals surface area contributed by atoms with E-state index in [1.807, 2.05) is 37.3 Å². The van der Waals surface area contributed by atoms with Gasteiger partial charge in [0, 0.05) is 10.9 Å². The molecule has 7 nitrogen and oxygen atoms in total. The third kappa shape index (κ3) is 3.81. The summed E-state index contributed by atoms with van der Waals surface area (Å²) < 4.78 is 10.5. The van der Waals surface area contributed by atoms with Crippen LogP contribution in [0.25, 0.3) is 0 Å². The zero-order valence-corrected chi connectivity index (χ0v) is 15.8. The highest BCUT2D eigenvalue weighted by molar-refractivity contribution is 7.14. The quantitative estimate of drug-likeness (QED) is 0.689. The summed E-state index contributed by atoms with van der Waals surface area (Å²) in [6, 6.07) is 14.5. The summed E-state index contributed by atoms with van der Waals surface area (Å²) in [6.07, 6.45) is 0. The first-order valence-corrected chi connectivity index (χ1v) is 9.50. The van der Waals surface area contributed by atoms with Crippen molar-refractivity contribution in [1.29, 1.82) is 0 Å². The number of anilines is 1. The Balaban J connectivity index is 1.40. The van der Waals surface area contributed by atoms with Crippen LogP contribution < -0.4 is 20.1 Å². The molecule has 0 saturated carbocycles. The van der Waals surface area contributed by atoms with E-state index in [0.717, 1.165) is 5.56 Å². The molecule has 2 heterocycles. The third-order valence-corrected chi connectivity index (χ3v) is 5.00. The van der Waals surface area contributed by atoms with Crippen LogP contribution >= 0.6 is 11.3 Å². The summed E-state index contributed by atoms with van der Waals surface area (Å²) >= 11 is 1.19. The number of benzene rings is 2. The molecule has 1 aliphatic rings. The molecule has 0 spiro atoms. The van der Waals surface area contributed by atoms with Crippen molar-refractivity contribution >= 4 is 28.3 Å². The normalized spacial score (nSPS) is 13.0. The molecular weight excluding hydrogens is 378 g/mol. The number of aromatic nitrogens is 1. The number of nitrogens with one attached hydrogen (secondary N) is 2. The van der Waals surface area contributed by atoms with Crippen molar-refractivity contribution in [1.82, 2.24) is 10.3 Å². The van der Waals surface area contributed by atoms with Gasteiger partial charge in [0.05, 0.1) is 6.04 Å². The highest BCUT2D eigenvalue weighted by Gasteiger charge is 2.18. The highest BCUT2D eigenvalue weighted by atomic mass is 32.1. The molecule has 3 aromatic rings. The van der Waals surface area contributed by atoms with Crippen molar-refractivity contribution in [2.45, 2.75) is 13.0 Å². The topological polar surface area (TPSA) is 89.6 Å². The van der Waals surface area contributed by atoms with Crippen LogP contribution in [0.4, 0.5) is 5.13 Å². The molecule has 0 bridgehead atoms. The van der Waals surface area contributed by atoms with E-state index < -0.39 is 0 Å². The third-order valence-electron chi connectivity index (χ3n) is 4.24. The second kappa shape index (κ2) is 7.69. The molecule has 4 rings (SSSR count). The van der Waals surface area contributed by atoms with E-state index in [4.69, 9.17) is 9.47 Å². The summed E-state index contributed by atoms with van der Waals surface area (Å²) in [7, 11) is 0. The lowest BCUT2D eigenvalue weighted by Gasteiger charge is -2.13. The maximum atomic E-state index is 12.4. The van der Waals surface area contributed by atoms with E-state index >= 15 is 0 Å². The maximum absolute atomic E-state index is 12.4. The molecule has 0 fully saturated rings. The van der Waals surface area contributed by atoms with Crippen molar-refractivity contribution in [2.24, 2.45) is 0 Å². The second-order valence-electron chi connectivity index (χ2n) is 6.17. The van der Waals surface area contributed by atoms with Gasteiger partial charge in [-0.25, -0.2) is 4.98 Å². The Morgan fingerprint density at radius 2 is 1.86 bits per heavy atom. The first kappa shape index (κ1) is 18.0. The minimum absolute atomic E-state index is 0.146. The van der Waals surface area contributed by atoms with E-state index in [1.54, 1.807) is 23.6 Å². The molecule has 2 amide bonds. The number of amides is 2. The summed E-state index contributed by atoms with van der Waals surface area (Å²) in [5.41, 5.74) is 1.68. The van der Waals surface area contributed by atoms with Crippen LogP contribution in [0.3, 0.4) is 0 Å². The zero-order chi connectivity index (χ0) is 19.5. The Kier molecular flexibility index (Phi) is 4.94. The Morgan fingerprint density at radius 3 is 2.68 bits per heavy atom. The van der Waals surface area contributed by atoms with Crippen molar-refractivity contribution in [3.8, 4) is 11.5 Å². The number of nitrogens with zero attached hydrogens (tertiary/aromatic N) is 1. The van der Waals surface area contributed by atoms with Crippen LogP contribution in [-0.4, -0.2) is 23.6 Å². The van der Waals surface area contributed by atoms with Crippen molar-refractivity contribution in [3.63, 3.8) is 0 Å². The van der Waals surface area contributed by atoms with Gasteiger partial charge in [0.2, 0.25) is 6.79 Å². The fourth-order valence-electron chi connectivity index (χ4n) is 2.74. The molecule has 0 radical (unpaired) electrons. The van der Waals surface area contributed by atoms with E-state index in [9.17, 15) is 9.59 Å². The van der Waals surface area contributed by atoms with Gasteiger partial charge in [0.25, 0.3) is 11.8 Å². The smallest absolute Gasteiger partial charge is 0.271 e. The Labute approximate surface area is 165 Å². The summed E-state index contributed by atoms with van der Waals surface area (Å²) in [5.74, 6) is 0.507. The van der Waals surface area contributed by atoms with Crippen LogP contribution in [0.1, 0.15) is 39.4 Å². The maximum Gasteiger partial charge on any atom is 0.271 e. The number of hydrogen-bond donors (Lipinski definition) is 2. The number of carbonyl (C=O) groups excluding carboxylic acids is 2. The Bertz CT molecular complexity index is 1020. The molecule has 2 N–H and O–H groups in total. The van der Waals surface area contributed by atoms with Crippen LogP contribution in [0.5, 0.6) is 11.5 Å². The molecule has 0 aliphatic carbocycles. The van der Waals surface area contributed by atoms with E-state index in [2.05, 4.69) is 15.6 Å². The number of fused-ring (bicyclic) bond motifs is 1. The summed E-state index contributed by atoms with van der Waals surface area (Å²) in [4.78, 5) is 29.0. The summed E-state index contributed by atoms with van der Waals surface area (Å²) in [5, 5.41) is 7.56. The van der Waals surface area contributed by atoms with Gasteiger partial charge >= 0.3 is 0 Å². The van der Waals surface area contributed by atoms with Crippen molar-refractivity contribution in [2.75, 3.05) is 12.1 Å². The van der Waals surface area contributed by atoms with Crippen LogP contribution in [-0.2, 0) is 0 Å². The van der Waals surface area contributed by atoms with Gasteiger partial charge < -0.3 is 14.8 Å². The first-order valence-electron chi connectivity index (χ1n) is 8.62. The molecule has 2 aromatic carbocycles. The van der Waals surface area contributed by atoms with Crippen LogP contribution in [0, 0.1) is 0 Å². The fourth-order valence-corrected chi connectivity index (χ4v) is 3.42. The first-order chi connectivity index (χ1) is 13.6. The largest absolute Gasteiger partial charge is 0.454 e. The van der Waals surface area contributed by atoms with Gasteiger partial charge in [-0.1, -0.05) is 30.3 Å².